The number of benzene rings is 8. The minimum atomic E-state index is 0.615. The molecule has 58 heavy (non-hydrogen) atoms. The van der Waals surface area contributed by atoms with Gasteiger partial charge >= 0.3 is 0 Å². The SMILES string of the molecule is Nc1ccc(-c2ccc(-c3cccc(-c4nc5ccccc5s4)c3)cc2-c2ccccc2-c2cccc(-c3nc(-c4ccccc4)nc(-c4ccccc4)n3)c2)cc1. The maximum atomic E-state index is 6.17. The smallest absolute Gasteiger partial charge is 0.164 e. The van der Waals surface area contributed by atoms with Gasteiger partial charge in [-0.1, -0.05) is 158 Å². The number of aromatic nitrogens is 4. The molecule has 0 radical (unpaired) electrons. The predicted molar refractivity (Wildman–Crippen MR) is 241 cm³/mol. The van der Waals surface area contributed by atoms with E-state index in [0.29, 0.717) is 17.5 Å². The first-order valence-electron chi connectivity index (χ1n) is 19.2. The van der Waals surface area contributed by atoms with Gasteiger partial charge in [0, 0.05) is 27.9 Å². The fourth-order valence-electron chi connectivity index (χ4n) is 7.42. The number of rotatable bonds is 8. The summed E-state index contributed by atoms with van der Waals surface area (Å²) in [7, 11) is 0. The Hall–Kier alpha value is -7.54. The van der Waals surface area contributed by atoms with Gasteiger partial charge in [0.25, 0.3) is 0 Å². The molecule has 0 saturated carbocycles. The van der Waals surface area contributed by atoms with Crippen molar-refractivity contribution in [1.29, 1.82) is 0 Å². The van der Waals surface area contributed by atoms with Crippen LogP contribution in [0.25, 0.3) is 99.5 Å². The fraction of sp³-hybridized carbons (Fsp3) is 0. The topological polar surface area (TPSA) is 77.6 Å². The molecule has 274 valence electrons. The summed E-state index contributed by atoms with van der Waals surface area (Å²) in [5, 5.41) is 1.01. The Morgan fingerprint density at radius 2 is 0.810 bits per heavy atom. The first kappa shape index (κ1) is 34.9. The van der Waals surface area contributed by atoms with Crippen LogP contribution in [0.15, 0.2) is 200 Å². The van der Waals surface area contributed by atoms with E-state index in [1.54, 1.807) is 11.3 Å². The lowest BCUT2D eigenvalue weighted by molar-refractivity contribution is 1.07. The van der Waals surface area contributed by atoms with E-state index in [9.17, 15) is 0 Å². The van der Waals surface area contributed by atoms with Crippen LogP contribution in [0.1, 0.15) is 0 Å². The van der Waals surface area contributed by atoms with Crippen molar-refractivity contribution in [3.05, 3.63) is 200 Å². The van der Waals surface area contributed by atoms with E-state index in [1.165, 1.54) is 4.70 Å². The fourth-order valence-corrected chi connectivity index (χ4v) is 8.38. The van der Waals surface area contributed by atoms with Gasteiger partial charge in [0.05, 0.1) is 10.2 Å². The molecule has 0 aliphatic carbocycles. The molecule has 8 aromatic carbocycles. The third kappa shape index (κ3) is 6.93. The molecule has 2 heterocycles. The van der Waals surface area contributed by atoms with E-state index >= 15 is 0 Å². The highest BCUT2D eigenvalue weighted by Gasteiger charge is 2.17. The Kier molecular flexibility index (Phi) is 9.14. The van der Waals surface area contributed by atoms with Crippen molar-refractivity contribution < 1.29 is 0 Å². The molecule has 2 N–H and O–H groups in total. The van der Waals surface area contributed by atoms with Gasteiger partial charge in [0.15, 0.2) is 17.5 Å². The second-order valence-corrected chi connectivity index (χ2v) is 15.1. The zero-order valence-electron chi connectivity index (χ0n) is 31.3. The molecule has 0 aliphatic rings. The first-order valence-corrected chi connectivity index (χ1v) is 20.0. The molecule has 6 heteroatoms. The average Bonchev–Trinajstić information content (AvgIpc) is 3.75. The first-order chi connectivity index (χ1) is 28.6. The van der Waals surface area contributed by atoms with Gasteiger partial charge in [0.2, 0.25) is 0 Å². The monoisotopic (exact) mass is 761 g/mol. The highest BCUT2D eigenvalue weighted by atomic mass is 32.1. The van der Waals surface area contributed by atoms with E-state index in [0.717, 1.165) is 83.0 Å². The van der Waals surface area contributed by atoms with Crippen LogP contribution >= 0.6 is 11.3 Å². The van der Waals surface area contributed by atoms with E-state index in [4.69, 9.17) is 25.7 Å². The van der Waals surface area contributed by atoms with E-state index in [1.807, 2.05) is 78.9 Å². The van der Waals surface area contributed by atoms with Crippen molar-refractivity contribution in [2.24, 2.45) is 0 Å². The number of anilines is 1. The van der Waals surface area contributed by atoms with Crippen LogP contribution in [0, 0.1) is 0 Å². The van der Waals surface area contributed by atoms with E-state index in [-0.39, 0.29) is 0 Å². The van der Waals surface area contributed by atoms with Crippen LogP contribution in [-0.2, 0) is 0 Å². The molecule has 0 unspecified atom stereocenters. The summed E-state index contributed by atoms with van der Waals surface area (Å²) in [6.45, 7) is 0. The van der Waals surface area contributed by atoms with Crippen LogP contribution in [0.5, 0.6) is 0 Å². The second-order valence-electron chi connectivity index (χ2n) is 14.1. The molecule has 0 fully saturated rings. The molecule has 2 aromatic heterocycles. The minimum absolute atomic E-state index is 0.615. The van der Waals surface area contributed by atoms with Crippen molar-refractivity contribution in [2.75, 3.05) is 5.73 Å². The Bertz CT molecular complexity index is 2980. The molecule has 0 bridgehead atoms. The summed E-state index contributed by atoms with van der Waals surface area (Å²) < 4.78 is 1.18. The molecule has 5 nitrogen and oxygen atoms in total. The number of fused-ring (bicyclic) bond motifs is 1. The lowest BCUT2D eigenvalue weighted by atomic mass is 9.87. The summed E-state index contributed by atoms with van der Waals surface area (Å²) in [6.07, 6.45) is 0. The van der Waals surface area contributed by atoms with Crippen molar-refractivity contribution in [3.63, 3.8) is 0 Å². The third-order valence-corrected chi connectivity index (χ3v) is 11.4. The summed E-state index contributed by atoms with van der Waals surface area (Å²) in [5.41, 5.74) is 20.6. The standard InChI is InChI=1S/C52H35N5S/c53-42-28-25-34(26-29-42)44-30-27-38(37-17-11-20-41(31-37)52-54-47-23-9-10-24-48(47)58-52)33-46(44)45-22-8-7-21-43(45)39-18-12-19-40(32-39)51-56-49(35-13-3-1-4-14-35)55-50(57-51)36-15-5-2-6-16-36/h1-33H,53H2. The summed E-state index contributed by atoms with van der Waals surface area (Å²) in [6, 6.07) is 69.2. The average molecular weight is 762 g/mol. The van der Waals surface area contributed by atoms with Gasteiger partial charge in [-0.3, -0.25) is 0 Å². The maximum absolute atomic E-state index is 6.17. The molecule has 0 spiro atoms. The van der Waals surface area contributed by atoms with Gasteiger partial charge in [-0.15, -0.1) is 11.3 Å². The molecule has 10 rings (SSSR count). The number of nitrogens with zero attached hydrogens (tertiary/aromatic N) is 4. The zero-order valence-corrected chi connectivity index (χ0v) is 32.1. The Morgan fingerprint density at radius 1 is 0.310 bits per heavy atom. The highest BCUT2D eigenvalue weighted by molar-refractivity contribution is 7.21. The number of nitrogens with two attached hydrogens (primary N) is 1. The number of hydrogen-bond donors (Lipinski definition) is 1. The van der Waals surface area contributed by atoms with Gasteiger partial charge < -0.3 is 5.73 Å². The van der Waals surface area contributed by atoms with Crippen LogP contribution < -0.4 is 5.73 Å². The van der Waals surface area contributed by atoms with Crippen LogP contribution in [-0.4, -0.2) is 19.9 Å². The number of hydrogen-bond acceptors (Lipinski definition) is 6. The highest BCUT2D eigenvalue weighted by Crippen LogP contribution is 2.42. The largest absolute Gasteiger partial charge is 0.399 e. The third-order valence-electron chi connectivity index (χ3n) is 10.3. The van der Waals surface area contributed by atoms with Crippen molar-refractivity contribution >= 4 is 27.2 Å². The normalized spacial score (nSPS) is 11.2. The quantitative estimate of drug-likeness (QED) is 0.156. The lowest BCUT2D eigenvalue weighted by Crippen LogP contribution is -2.00. The van der Waals surface area contributed by atoms with Gasteiger partial charge in [-0.2, -0.15) is 0 Å². The lowest BCUT2D eigenvalue weighted by Gasteiger charge is -2.17. The molecular formula is C52H35N5S. The van der Waals surface area contributed by atoms with Gasteiger partial charge in [0.1, 0.15) is 5.01 Å². The molecule has 0 aliphatic heterocycles. The Morgan fingerprint density at radius 3 is 1.52 bits per heavy atom. The van der Waals surface area contributed by atoms with E-state index in [2.05, 4.69) is 121 Å². The summed E-state index contributed by atoms with van der Waals surface area (Å²) in [5.74, 6) is 1.88. The molecule has 0 amide bonds. The predicted octanol–water partition coefficient (Wildman–Crippen LogP) is 13.4. The Labute approximate surface area is 340 Å². The number of thiazole rings is 1. The maximum Gasteiger partial charge on any atom is 0.164 e. The zero-order chi connectivity index (χ0) is 38.8. The molecular weight excluding hydrogens is 727 g/mol. The second kappa shape index (κ2) is 15.2. The number of para-hydroxylation sites is 1. The van der Waals surface area contributed by atoms with Crippen molar-refractivity contribution in [3.8, 4) is 89.2 Å². The molecule has 0 atom stereocenters. The summed E-state index contributed by atoms with van der Waals surface area (Å²) in [4.78, 5) is 19.9. The van der Waals surface area contributed by atoms with Crippen LogP contribution in [0.4, 0.5) is 5.69 Å². The van der Waals surface area contributed by atoms with Gasteiger partial charge in [-0.05, 0) is 87.0 Å². The molecule has 10 aromatic rings. The van der Waals surface area contributed by atoms with Crippen molar-refractivity contribution in [2.45, 2.75) is 0 Å². The molecule has 0 saturated heterocycles. The van der Waals surface area contributed by atoms with Gasteiger partial charge in [-0.25, -0.2) is 19.9 Å². The van der Waals surface area contributed by atoms with Crippen LogP contribution in [0.3, 0.4) is 0 Å². The number of nitrogen functional groups attached to an aromatic ring is 1. The van der Waals surface area contributed by atoms with E-state index < -0.39 is 0 Å². The minimum Gasteiger partial charge on any atom is -0.399 e. The summed E-state index contributed by atoms with van der Waals surface area (Å²) >= 11 is 1.72. The Balaban J connectivity index is 1.10. The van der Waals surface area contributed by atoms with Crippen molar-refractivity contribution in [1.82, 2.24) is 19.9 Å². The van der Waals surface area contributed by atoms with Crippen LogP contribution in [0.2, 0.25) is 0 Å².